The van der Waals surface area contributed by atoms with Gasteiger partial charge in [-0.2, -0.15) is 0 Å². The highest BCUT2D eigenvalue weighted by atomic mass is 16.7. The van der Waals surface area contributed by atoms with E-state index >= 15 is 0 Å². The van der Waals surface area contributed by atoms with Crippen LogP contribution >= 0.6 is 0 Å². The van der Waals surface area contributed by atoms with Crippen molar-refractivity contribution in [2.45, 2.75) is 27.2 Å². The van der Waals surface area contributed by atoms with Gasteiger partial charge in [-0.25, -0.2) is 4.79 Å². The zero-order valence-corrected chi connectivity index (χ0v) is 13.4. The number of carbonyl (C=O) groups excluding carboxylic acids is 1. The minimum absolute atomic E-state index is 0.436. The van der Waals surface area contributed by atoms with Crippen molar-refractivity contribution in [2.24, 2.45) is 11.1 Å². The van der Waals surface area contributed by atoms with E-state index in [1.165, 1.54) is 0 Å². The summed E-state index contributed by atoms with van der Waals surface area (Å²) >= 11 is 0. The van der Waals surface area contributed by atoms with Crippen LogP contribution in [0.15, 0.2) is 28.9 Å². The first-order valence-corrected chi connectivity index (χ1v) is 7.30. The third kappa shape index (κ3) is 3.87. The molecule has 0 amide bonds. The molecule has 0 unspecified atom stereocenters. The first kappa shape index (κ1) is 16.1. The Hall–Kier alpha value is -2.30. The van der Waals surface area contributed by atoms with Crippen molar-refractivity contribution in [1.29, 1.82) is 0 Å². The molecular formula is C17H21NO4. The minimum Gasteiger partial charge on any atom is -0.493 e. The average molecular weight is 303 g/mol. The molecule has 1 aliphatic rings. The van der Waals surface area contributed by atoms with E-state index in [9.17, 15) is 4.79 Å². The molecule has 1 aromatic rings. The van der Waals surface area contributed by atoms with E-state index in [4.69, 9.17) is 9.47 Å². The number of nitrogens with zero attached hydrogens (tertiary/aromatic N) is 1. The zero-order chi connectivity index (χ0) is 16.1. The Morgan fingerprint density at radius 3 is 2.68 bits per heavy atom. The summed E-state index contributed by atoms with van der Waals surface area (Å²) in [5.74, 6) is 1.49. The van der Waals surface area contributed by atoms with E-state index in [2.05, 4.69) is 23.8 Å². The van der Waals surface area contributed by atoms with E-state index in [1.54, 1.807) is 20.1 Å². The summed E-state index contributed by atoms with van der Waals surface area (Å²) in [7, 11) is 1.60. The second-order valence-corrected chi connectivity index (χ2v) is 5.55. The van der Waals surface area contributed by atoms with Gasteiger partial charge < -0.3 is 14.3 Å². The van der Waals surface area contributed by atoms with Crippen LogP contribution in [0.2, 0.25) is 0 Å². The van der Waals surface area contributed by atoms with Crippen molar-refractivity contribution in [3.63, 3.8) is 0 Å². The predicted molar refractivity (Wildman–Crippen MR) is 85.1 cm³/mol. The molecule has 2 rings (SSSR count). The molecule has 0 spiro atoms. The number of rotatable bonds is 6. The minimum atomic E-state index is -0.436. The summed E-state index contributed by atoms with van der Waals surface area (Å²) in [4.78, 5) is 16.2. The molecular weight excluding hydrogens is 282 g/mol. The first-order chi connectivity index (χ1) is 10.5. The summed E-state index contributed by atoms with van der Waals surface area (Å²) in [6.45, 7) is 6.69. The highest BCUT2D eigenvalue weighted by molar-refractivity contribution is 6.24. The third-order valence-corrected chi connectivity index (χ3v) is 3.33. The summed E-state index contributed by atoms with van der Waals surface area (Å²) in [6, 6.07) is 5.55. The highest BCUT2D eigenvalue weighted by Crippen LogP contribution is 2.29. The maximum atomic E-state index is 11.6. The molecule has 0 radical (unpaired) electrons. The highest BCUT2D eigenvalue weighted by Gasteiger charge is 2.21. The van der Waals surface area contributed by atoms with Gasteiger partial charge in [-0.1, -0.05) is 25.1 Å². The number of ether oxygens (including phenoxy) is 2. The largest absolute Gasteiger partial charge is 0.493 e. The van der Waals surface area contributed by atoms with Gasteiger partial charge in [0.25, 0.3) is 0 Å². The second kappa shape index (κ2) is 7.11. The monoisotopic (exact) mass is 303 g/mol. The van der Waals surface area contributed by atoms with Gasteiger partial charge in [0.1, 0.15) is 0 Å². The van der Waals surface area contributed by atoms with Gasteiger partial charge in [0.05, 0.1) is 25.0 Å². The Kier molecular flexibility index (Phi) is 5.20. The summed E-state index contributed by atoms with van der Waals surface area (Å²) < 4.78 is 11.1. The number of hydrogen-bond acceptors (Lipinski definition) is 5. The summed E-state index contributed by atoms with van der Waals surface area (Å²) in [5, 5.41) is 3.65. The van der Waals surface area contributed by atoms with Gasteiger partial charge in [0.2, 0.25) is 0 Å². The lowest BCUT2D eigenvalue weighted by Crippen LogP contribution is -2.03. The fraction of sp³-hybridized carbons (Fsp3) is 0.412. The van der Waals surface area contributed by atoms with Crippen molar-refractivity contribution < 1.29 is 19.1 Å². The lowest BCUT2D eigenvalue weighted by molar-refractivity contribution is -0.136. The fourth-order valence-electron chi connectivity index (χ4n) is 1.98. The SMILES string of the molecule is COc1cc(/C=C2\C(=O)ON=C2C)ccc1OCCC(C)C. The molecule has 0 saturated carbocycles. The number of oxime groups is 1. The summed E-state index contributed by atoms with van der Waals surface area (Å²) in [5.41, 5.74) is 1.85. The molecule has 0 bridgehead atoms. The van der Waals surface area contributed by atoms with Gasteiger partial charge in [0.15, 0.2) is 11.5 Å². The number of methoxy groups -OCH3 is 1. The molecule has 0 aromatic heterocycles. The quantitative estimate of drug-likeness (QED) is 0.596. The van der Waals surface area contributed by atoms with E-state index in [0.29, 0.717) is 35.3 Å². The van der Waals surface area contributed by atoms with Crippen molar-refractivity contribution >= 4 is 17.8 Å². The van der Waals surface area contributed by atoms with Gasteiger partial charge in [-0.05, 0) is 43.0 Å². The number of hydrogen-bond donors (Lipinski definition) is 0. The molecule has 5 heteroatoms. The van der Waals surface area contributed by atoms with Crippen LogP contribution in [0.1, 0.15) is 32.8 Å². The Morgan fingerprint density at radius 2 is 2.09 bits per heavy atom. The lowest BCUT2D eigenvalue weighted by Gasteiger charge is -2.12. The van der Waals surface area contributed by atoms with Crippen LogP contribution in [0, 0.1) is 5.92 Å². The molecule has 0 N–H and O–H groups in total. The Labute approximate surface area is 130 Å². The third-order valence-electron chi connectivity index (χ3n) is 3.33. The van der Waals surface area contributed by atoms with E-state index in [-0.39, 0.29) is 0 Å². The maximum absolute atomic E-state index is 11.6. The summed E-state index contributed by atoms with van der Waals surface area (Å²) in [6.07, 6.45) is 2.71. The van der Waals surface area contributed by atoms with Crippen molar-refractivity contribution in [3.05, 3.63) is 29.3 Å². The van der Waals surface area contributed by atoms with Crippen LogP contribution in [-0.4, -0.2) is 25.4 Å². The van der Waals surface area contributed by atoms with E-state index in [1.807, 2.05) is 18.2 Å². The normalized spacial score (nSPS) is 16.0. The molecule has 1 aliphatic heterocycles. The molecule has 22 heavy (non-hydrogen) atoms. The van der Waals surface area contributed by atoms with Crippen LogP contribution in [-0.2, 0) is 9.63 Å². The maximum Gasteiger partial charge on any atom is 0.367 e. The topological polar surface area (TPSA) is 57.1 Å². The predicted octanol–water partition coefficient (Wildman–Crippen LogP) is 3.44. The molecule has 0 saturated heterocycles. The number of carbonyl (C=O) groups is 1. The Bertz CT molecular complexity index is 617. The molecule has 0 atom stereocenters. The number of benzene rings is 1. The first-order valence-electron chi connectivity index (χ1n) is 7.30. The van der Waals surface area contributed by atoms with E-state index < -0.39 is 5.97 Å². The van der Waals surface area contributed by atoms with Crippen LogP contribution in [0.4, 0.5) is 0 Å². The lowest BCUT2D eigenvalue weighted by atomic mass is 10.1. The van der Waals surface area contributed by atoms with Crippen LogP contribution in [0.5, 0.6) is 11.5 Å². The molecule has 118 valence electrons. The van der Waals surface area contributed by atoms with Crippen molar-refractivity contribution in [2.75, 3.05) is 13.7 Å². The van der Waals surface area contributed by atoms with Gasteiger partial charge >= 0.3 is 5.97 Å². The molecule has 1 heterocycles. The van der Waals surface area contributed by atoms with Gasteiger partial charge in [-0.3, -0.25) is 0 Å². The second-order valence-electron chi connectivity index (χ2n) is 5.55. The molecule has 0 aliphatic carbocycles. The molecule has 5 nitrogen and oxygen atoms in total. The van der Waals surface area contributed by atoms with Crippen molar-refractivity contribution in [1.82, 2.24) is 0 Å². The van der Waals surface area contributed by atoms with Gasteiger partial charge in [-0.15, -0.1) is 0 Å². The van der Waals surface area contributed by atoms with Crippen LogP contribution < -0.4 is 9.47 Å². The van der Waals surface area contributed by atoms with Gasteiger partial charge in [0, 0.05) is 0 Å². The average Bonchev–Trinajstić information content (AvgIpc) is 2.80. The molecule has 1 aromatic carbocycles. The van der Waals surface area contributed by atoms with Crippen molar-refractivity contribution in [3.8, 4) is 11.5 Å². The Morgan fingerprint density at radius 1 is 1.32 bits per heavy atom. The molecule has 0 fully saturated rings. The zero-order valence-electron chi connectivity index (χ0n) is 13.4. The smallest absolute Gasteiger partial charge is 0.367 e. The van der Waals surface area contributed by atoms with E-state index in [0.717, 1.165) is 12.0 Å². The van der Waals surface area contributed by atoms with Crippen LogP contribution in [0.3, 0.4) is 0 Å². The Balaban J connectivity index is 2.17. The van der Waals surface area contributed by atoms with Crippen LogP contribution in [0.25, 0.3) is 6.08 Å². The standard InChI is InChI=1S/C17H21NO4/c1-11(2)7-8-21-15-6-5-13(10-16(15)20-4)9-14-12(3)18-22-17(14)19/h5-6,9-11H,7-8H2,1-4H3/b14-9-. The fourth-order valence-corrected chi connectivity index (χ4v) is 1.98.